The molecule has 5 rings (SSSR count). The van der Waals surface area contributed by atoms with E-state index in [1.54, 1.807) is 16.2 Å². The van der Waals surface area contributed by atoms with Crippen LogP contribution in [0.2, 0.25) is 0 Å². The average Bonchev–Trinajstić information content (AvgIpc) is 3.39. The van der Waals surface area contributed by atoms with E-state index < -0.39 is 0 Å². The van der Waals surface area contributed by atoms with Crippen LogP contribution in [0.3, 0.4) is 0 Å². The van der Waals surface area contributed by atoms with Crippen molar-refractivity contribution in [2.24, 2.45) is 0 Å². The van der Waals surface area contributed by atoms with Crippen LogP contribution < -0.4 is 0 Å². The van der Waals surface area contributed by atoms with Crippen LogP contribution in [0, 0.1) is 6.92 Å². The van der Waals surface area contributed by atoms with Crippen LogP contribution >= 0.6 is 11.3 Å². The summed E-state index contributed by atoms with van der Waals surface area (Å²) in [4.78, 5) is 32.8. The standard InChI is InChI=1S/C31H32N2O2S/c1-4-22(3)33(31(35)25-14-13-23-10-6-7-11-24(23)19-25)20-29(34)32-17-15-28-27(16-18-36-28)30(32)26-12-8-5-9-21(26)2/h5-14,16,18-19,22,30H,4,15,17,20H2,1-3H3/t22-,30-/m1/s1. The van der Waals surface area contributed by atoms with Gasteiger partial charge in [-0.3, -0.25) is 9.59 Å². The van der Waals surface area contributed by atoms with Crippen molar-refractivity contribution in [1.29, 1.82) is 0 Å². The molecule has 3 aromatic carbocycles. The number of benzene rings is 3. The first-order valence-electron chi connectivity index (χ1n) is 12.7. The van der Waals surface area contributed by atoms with E-state index in [4.69, 9.17) is 0 Å². The van der Waals surface area contributed by atoms with Gasteiger partial charge in [-0.05, 0) is 77.7 Å². The van der Waals surface area contributed by atoms with Crippen molar-refractivity contribution in [1.82, 2.24) is 9.80 Å². The lowest BCUT2D eigenvalue weighted by Gasteiger charge is -2.39. The highest BCUT2D eigenvalue weighted by Gasteiger charge is 2.35. The van der Waals surface area contributed by atoms with Gasteiger partial charge in [0.15, 0.2) is 0 Å². The van der Waals surface area contributed by atoms with E-state index in [0.717, 1.165) is 29.2 Å². The van der Waals surface area contributed by atoms with E-state index in [2.05, 4.69) is 37.4 Å². The van der Waals surface area contributed by atoms with Gasteiger partial charge in [-0.25, -0.2) is 0 Å². The molecular weight excluding hydrogens is 464 g/mol. The molecule has 0 fully saturated rings. The van der Waals surface area contributed by atoms with E-state index >= 15 is 0 Å². The van der Waals surface area contributed by atoms with Gasteiger partial charge in [0.1, 0.15) is 6.54 Å². The average molecular weight is 497 g/mol. The van der Waals surface area contributed by atoms with E-state index in [1.807, 2.05) is 66.4 Å². The van der Waals surface area contributed by atoms with Gasteiger partial charge in [0, 0.05) is 23.0 Å². The van der Waals surface area contributed by atoms with Crippen molar-refractivity contribution in [2.75, 3.05) is 13.1 Å². The van der Waals surface area contributed by atoms with Crippen molar-refractivity contribution in [2.45, 2.75) is 45.7 Å². The Hall–Kier alpha value is -3.44. The Labute approximate surface area is 217 Å². The van der Waals surface area contributed by atoms with Gasteiger partial charge in [0.05, 0.1) is 6.04 Å². The lowest BCUT2D eigenvalue weighted by Crippen LogP contribution is -2.49. The van der Waals surface area contributed by atoms with Gasteiger partial charge in [-0.1, -0.05) is 61.5 Å². The Morgan fingerprint density at radius 1 is 1.00 bits per heavy atom. The van der Waals surface area contributed by atoms with Crippen LogP contribution in [-0.4, -0.2) is 40.7 Å². The molecule has 0 saturated carbocycles. The predicted molar refractivity (Wildman–Crippen MR) is 147 cm³/mol. The van der Waals surface area contributed by atoms with E-state index in [0.29, 0.717) is 12.1 Å². The fourth-order valence-electron chi connectivity index (χ4n) is 5.19. The summed E-state index contributed by atoms with van der Waals surface area (Å²) in [5, 5.41) is 4.25. The number of hydrogen-bond acceptors (Lipinski definition) is 3. The van der Waals surface area contributed by atoms with Crippen LogP contribution in [0.4, 0.5) is 0 Å². The molecule has 0 spiro atoms. The van der Waals surface area contributed by atoms with Crippen LogP contribution in [0.1, 0.15) is 58.2 Å². The maximum Gasteiger partial charge on any atom is 0.254 e. The van der Waals surface area contributed by atoms with Gasteiger partial charge in [0.25, 0.3) is 5.91 Å². The summed E-state index contributed by atoms with van der Waals surface area (Å²) in [6, 6.07) is 24.1. The molecule has 1 aliphatic heterocycles. The van der Waals surface area contributed by atoms with Gasteiger partial charge in [-0.15, -0.1) is 11.3 Å². The maximum absolute atomic E-state index is 13.9. The molecule has 1 aromatic heterocycles. The molecule has 2 heterocycles. The highest BCUT2D eigenvalue weighted by molar-refractivity contribution is 7.10. The quantitative estimate of drug-likeness (QED) is 0.301. The molecular formula is C31H32N2O2S. The van der Waals surface area contributed by atoms with Crippen LogP contribution in [0.15, 0.2) is 78.2 Å². The SMILES string of the molecule is CC[C@@H](C)N(CC(=O)N1CCc2sccc2[C@H]1c1ccccc1C)C(=O)c1ccc2ccccc2c1. The van der Waals surface area contributed by atoms with E-state index in [9.17, 15) is 9.59 Å². The number of amides is 2. The van der Waals surface area contributed by atoms with Crippen LogP contribution in [0.5, 0.6) is 0 Å². The molecule has 4 nitrogen and oxygen atoms in total. The molecule has 0 N–H and O–H groups in total. The zero-order valence-corrected chi connectivity index (χ0v) is 21.9. The molecule has 0 unspecified atom stereocenters. The number of thiophene rings is 1. The summed E-state index contributed by atoms with van der Waals surface area (Å²) in [5.41, 5.74) is 4.16. The summed E-state index contributed by atoms with van der Waals surface area (Å²) < 4.78 is 0. The lowest BCUT2D eigenvalue weighted by molar-refractivity contribution is -0.134. The topological polar surface area (TPSA) is 40.6 Å². The maximum atomic E-state index is 13.9. The largest absolute Gasteiger partial charge is 0.330 e. The minimum atomic E-state index is -0.122. The molecule has 2 amide bonds. The summed E-state index contributed by atoms with van der Waals surface area (Å²) in [6.45, 7) is 6.92. The normalized spacial score (nSPS) is 16.0. The molecule has 0 radical (unpaired) electrons. The second kappa shape index (κ2) is 10.3. The number of fused-ring (bicyclic) bond motifs is 2. The molecule has 36 heavy (non-hydrogen) atoms. The number of carbonyl (C=O) groups is 2. The number of rotatable bonds is 6. The first kappa shape index (κ1) is 24.3. The number of hydrogen-bond donors (Lipinski definition) is 0. The molecule has 5 heteroatoms. The van der Waals surface area contributed by atoms with Gasteiger partial charge < -0.3 is 9.80 Å². The summed E-state index contributed by atoms with van der Waals surface area (Å²) >= 11 is 1.77. The number of nitrogens with zero attached hydrogens (tertiary/aromatic N) is 2. The Balaban J connectivity index is 1.46. The van der Waals surface area contributed by atoms with Crippen LogP contribution in [0.25, 0.3) is 10.8 Å². The first-order valence-corrected chi connectivity index (χ1v) is 13.6. The van der Waals surface area contributed by atoms with Crippen molar-refractivity contribution < 1.29 is 9.59 Å². The number of carbonyl (C=O) groups excluding carboxylic acids is 2. The van der Waals surface area contributed by atoms with Crippen molar-refractivity contribution in [3.8, 4) is 0 Å². The Morgan fingerprint density at radius 2 is 1.75 bits per heavy atom. The van der Waals surface area contributed by atoms with E-state index in [-0.39, 0.29) is 30.4 Å². The third kappa shape index (κ3) is 4.56. The third-order valence-corrected chi connectivity index (χ3v) is 8.45. The van der Waals surface area contributed by atoms with Crippen molar-refractivity contribution in [3.63, 3.8) is 0 Å². The molecule has 2 atom stereocenters. The van der Waals surface area contributed by atoms with Gasteiger partial charge >= 0.3 is 0 Å². The molecule has 4 aromatic rings. The summed E-state index contributed by atoms with van der Waals surface area (Å²) in [7, 11) is 0. The Morgan fingerprint density at radius 3 is 2.53 bits per heavy atom. The molecule has 184 valence electrons. The Bertz CT molecular complexity index is 1410. The minimum absolute atomic E-state index is 0.00505. The third-order valence-electron chi connectivity index (χ3n) is 7.46. The fourth-order valence-corrected chi connectivity index (χ4v) is 6.09. The second-order valence-corrected chi connectivity index (χ2v) is 10.6. The van der Waals surface area contributed by atoms with E-state index in [1.165, 1.54) is 16.0 Å². The second-order valence-electron chi connectivity index (χ2n) is 9.65. The lowest BCUT2D eigenvalue weighted by atomic mass is 9.90. The van der Waals surface area contributed by atoms with Gasteiger partial charge in [0.2, 0.25) is 5.91 Å². The smallest absolute Gasteiger partial charge is 0.254 e. The van der Waals surface area contributed by atoms with Crippen LogP contribution in [-0.2, 0) is 11.2 Å². The number of aryl methyl sites for hydroxylation is 1. The zero-order valence-electron chi connectivity index (χ0n) is 21.1. The summed E-state index contributed by atoms with van der Waals surface area (Å²) in [5.74, 6) is -0.0985. The molecule has 1 aliphatic rings. The Kier molecular flexibility index (Phi) is 6.92. The highest BCUT2D eigenvalue weighted by Crippen LogP contribution is 2.39. The fraction of sp³-hybridized carbons (Fsp3) is 0.290. The molecule has 0 bridgehead atoms. The zero-order chi connectivity index (χ0) is 25.2. The highest BCUT2D eigenvalue weighted by atomic mass is 32.1. The summed E-state index contributed by atoms with van der Waals surface area (Å²) in [6.07, 6.45) is 1.63. The van der Waals surface area contributed by atoms with Crippen molar-refractivity contribution in [3.05, 3.63) is 105 Å². The predicted octanol–water partition coefficient (Wildman–Crippen LogP) is 6.62. The van der Waals surface area contributed by atoms with Gasteiger partial charge in [-0.2, -0.15) is 0 Å². The molecule has 0 saturated heterocycles. The van der Waals surface area contributed by atoms with Crippen molar-refractivity contribution >= 4 is 33.9 Å². The molecule has 0 aliphatic carbocycles. The monoisotopic (exact) mass is 496 g/mol. The minimum Gasteiger partial charge on any atom is -0.330 e. The first-order chi connectivity index (χ1) is 17.5.